The molecule has 0 amide bonds. The molecule has 0 nitrogen and oxygen atoms in total. The van der Waals surface area contributed by atoms with Crippen molar-refractivity contribution in [1.82, 2.24) is 0 Å². The Morgan fingerprint density at radius 1 is 0.682 bits per heavy atom. The molecule has 22 heavy (non-hydrogen) atoms. The molecule has 0 N–H and O–H groups in total. The van der Waals surface area contributed by atoms with E-state index in [0.717, 1.165) is 8.88 Å². The van der Waals surface area contributed by atoms with E-state index < -0.39 is 0 Å². The van der Waals surface area contributed by atoms with Gasteiger partial charge in [-0.15, -0.1) is 0 Å². The molecule has 1 aliphatic heterocycles. The minimum atomic E-state index is 0.206. The zero-order valence-corrected chi connectivity index (χ0v) is 18.3. The van der Waals surface area contributed by atoms with Crippen molar-refractivity contribution in [2.75, 3.05) is 0 Å². The van der Waals surface area contributed by atoms with Crippen molar-refractivity contribution in [1.29, 1.82) is 0 Å². The Balaban J connectivity index is 3.03. The molecular weight excluding hydrogens is 380 g/mol. The van der Waals surface area contributed by atoms with Crippen LogP contribution < -0.4 is 0 Å². The van der Waals surface area contributed by atoms with Crippen molar-refractivity contribution in [3.8, 4) is 0 Å². The summed E-state index contributed by atoms with van der Waals surface area (Å²) in [5, 5.41) is 0. The van der Waals surface area contributed by atoms with Crippen LogP contribution in [0.25, 0.3) is 0 Å². The number of unbranched alkanes of at least 4 members (excludes halogenated alkanes) is 4. The van der Waals surface area contributed by atoms with Gasteiger partial charge in [0.15, 0.2) is 0 Å². The standard InChI is InChI=1S/C21H42Te/c1-5-9-14-20(15-10-6-2)16-13-19-22-21(20,17-11-7-3)18-12-8-4/h5-19H2,1-4H3. The van der Waals surface area contributed by atoms with Gasteiger partial charge in [0.1, 0.15) is 0 Å². The Morgan fingerprint density at radius 2 is 1.14 bits per heavy atom. The molecule has 1 saturated heterocycles. The number of rotatable bonds is 12. The van der Waals surface area contributed by atoms with E-state index in [1.54, 1.807) is 43.0 Å². The summed E-state index contributed by atoms with van der Waals surface area (Å²) in [6.07, 6.45) is 21.0. The molecule has 0 radical (unpaired) electrons. The molecule has 1 heterocycles. The summed E-state index contributed by atoms with van der Waals surface area (Å²) in [6.45, 7) is 9.59. The quantitative estimate of drug-likeness (QED) is 0.282. The van der Waals surface area contributed by atoms with Crippen molar-refractivity contribution in [2.45, 2.75) is 126 Å². The summed E-state index contributed by atoms with van der Waals surface area (Å²) in [5.74, 6) is 0. The van der Waals surface area contributed by atoms with Crippen molar-refractivity contribution >= 4 is 20.9 Å². The van der Waals surface area contributed by atoms with Crippen LogP contribution in [0.4, 0.5) is 0 Å². The molecule has 1 fully saturated rings. The van der Waals surface area contributed by atoms with Crippen molar-refractivity contribution in [3.05, 3.63) is 0 Å². The summed E-state index contributed by atoms with van der Waals surface area (Å²) in [7, 11) is 0. The fourth-order valence-electron chi connectivity index (χ4n) is 4.64. The van der Waals surface area contributed by atoms with Gasteiger partial charge < -0.3 is 0 Å². The van der Waals surface area contributed by atoms with E-state index in [9.17, 15) is 0 Å². The molecule has 0 aliphatic carbocycles. The third-order valence-electron chi connectivity index (χ3n) is 6.03. The van der Waals surface area contributed by atoms with Gasteiger partial charge in [-0.25, -0.2) is 0 Å². The van der Waals surface area contributed by atoms with Crippen molar-refractivity contribution in [2.24, 2.45) is 5.41 Å². The molecule has 1 aliphatic rings. The Labute approximate surface area is 151 Å². The molecule has 0 unspecified atom stereocenters. The molecule has 0 spiro atoms. The summed E-state index contributed by atoms with van der Waals surface area (Å²) in [4.78, 5) is 0. The number of hydrogen-bond donors (Lipinski definition) is 0. The molecular formula is C21H42Te. The van der Waals surface area contributed by atoms with Crippen LogP contribution in [0.2, 0.25) is 7.93 Å². The first-order chi connectivity index (χ1) is 10.7. The van der Waals surface area contributed by atoms with E-state index >= 15 is 0 Å². The van der Waals surface area contributed by atoms with E-state index in [2.05, 4.69) is 27.7 Å². The maximum absolute atomic E-state index is 2.40. The SMILES string of the molecule is CCCCC1(CCCC)CCC[Te]C1(CCCC)CCCC. The first kappa shape index (κ1) is 20.8. The van der Waals surface area contributed by atoms with Crippen LogP contribution in [-0.4, -0.2) is 20.9 Å². The molecule has 0 aromatic carbocycles. The normalized spacial score (nSPS) is 20.2. The Morgan fingerprint density at radius 3 is 1.59 bits per heavy atom. The predicted octanol–water partition coefficient (Wildman–Crippen LogP) is 7.81. The number of hydrogen-bond acceptors (Lipinski definition) is 0. The van der Waals surface area contributed by atoms with Gasteiger partial charge in [0, 0.05) is 0 Å². The van der Waals surface area contributed by atoms with E-state index in [-0.39, 0.29) is 20.9 Å². The van der Waals surface area contributed by atoms with Crippen molar-refractivity contribution < 1.29 is 0 Å². The van der Waals surface area contributed by atoms with Gasteiger partial charge in [0.05, 0.1) is 0 Å². The van der Waals surface area contributed by atoms with Gasteiger partial charge in [-0.1, -0.05) is 0 Å². The molecule has 1 rings (SSSR count). The van der Waals surface area contributed by atoms with Crippen LogP contribution >= 0.6 is 0 Å². The zero-order valence-electron chi connectivity index (χ0n) is 16.0. The van der Waals surface area contributed by atoms with E-state index in [4.69, 9.17) is 0 Å². The van der Waals surface area contributed by atoms with Gasteiger partial charge in [-0.05, 0) is 0 Å². The molecule has 132 valence electrons. The molecule has 0 aromatic heterocycles. The Hall–Kier alpha value is 0.790. The minimum absolute atomic E-state index is 0.206. The summed E-state index contributed by atoms with van der Waals surface area (Å²) in [6, 6.07) is 0. The zero-order chi connectivity index (χ0) is 16.3. The van der Waals surface area contributed by atoms with Crippen molar-refractivity contribution in [3.63, 3.8) is 0 Å². The summed E-state index contributed by atoms with van der Waals surface area (Å²) >= 11 is 0.206. The van der Waals surface area contributed by atoms with Crippen LogP contribution in [-0.2, 0) is 0 Å². The average Bonchev–Trinajstić information content (AvgIpc) is 2.56. The van der Waals surface area contributed by atoms with Gasteiger partial charge in [0.2, 0.25) is 0 Å². The van der Waals surface area contributed by atoms with Gasteiger partial charge in [0.25, 0.3) is 0 Å². The fraction of sp³-hybridized carbons (Fsp3) is 1.00. The predicted molar refractivity (Wildman–Crippen MR) is 103 cm³/mol. The van der Waals surface area contributed by atoms with Crippen LogP contribution in [0.3, 0.4) is 0 Å². The van der Waals surface area contributed by atoms with Gasteiger partial charge in [-0.3, -0.25) is 0 Å². The first-order valence-electron chi connectivity index (χ1n) is 10.3. The Kier molecular flexibility index (Phi) is 10.8. The van der Waals surface area contributed by atoms with Gasteiger partial charge >= 0.3 is 152 Å². The second-order valence-electron chi connectivity index (χ2n) is 7.64. The molecule has 0 atom stereocenters. The molecule has 1 heteroatoms. The second kappa shape index (κ2) is 11.4. The summed E-state index contributed by atoms with van der Waals surface area (Å²) < 4.78 is 2.46. The maximum atomic E-state index is 2.40. The van der Waals surface area contributed by atoms with Crippen LogP contribution in [0.1, 0.15) is 118 Å². The van der Waals surface area contributed by atoms with Crippen LogP contribution in [0, 0.1) is 5.41 Å². The van der Waals surface area contributed by atoms with Crippen LogP contribution in [0.5, 0.6) is 0 Å². The van der Waals surface area contributed by atoms with E-state index in [1.807, 2.05) is 0 Å². The molecule has 0 aromatic rings. The average molecular weight is 422 g/mol. The third kappa shape index (κ3) is 5.41. The first-order valence-corrected chi connectivity index (χ1v) is 13.2. The molecule has 0 saturated carbocycles. The van der Waals surface area contributed by atoms with Crippen LogP contribution in [0.15, 0.2) is 0 Å². The topological polar surface area (TPSA) is 0 Å². The summed E-state index contributed by atoms with van der Waals surface area (Å²) in [5.41, 5.74) is 0.754. The van der Waals surface area contributed by atoms with E-state index in [1.165, 1.54) is 51.4 Å². The fourth-order valence-corrected chi connectivity index (χ4v) is 9.98. The monoisotopic (exact) mass is 424 g/mol. The van der Waals surface area contributed by atoms with E-state index in [0.29, 0.717) is 0 Å². The molecule has 0 bridgehead atoms. The Bertz CT molecular complexity index is 227. The second-order valence-corrected chi connectivity index (χ2v) is 11.9. The van der Waals surface area contributed by atoms with Gasteiger partial charge in [-0.2, -0.15) is 0 Å². The third-order valence-corrected chi connectivity index (χ3v) is 11.4.